The summed E-state index contributed by atoms with van der Waals surface area (Å²) in [7, 11) is -1.15. The molecule has 112 valence electrons. The van der Waals surface area contributed by atoms with Crippen molar-refractivity contribution in [1.29, 1.82) is 0 Å². The molecule has 0 bridgehead atoms. The Morgan fingerprint density at radius 2 is 1.63 bits per heavy atom. The third-order valence-corrected chi connectivity index (χ3v) is 8.04. The molecule has 2 rings (SSSR count). The van der Waals surface area contributed by atoms with E-state index in [9.17, 15) is 0 Å². The minimum atomic E-state index is -1.15. The molecule has 0 aromatic rings. The molecule has 2 aliphatic rings. The van der Waals surface area contributed by atoms with E-state index < -0.39 is 8.07 Å². The highest BCUT2D eigenvalue weighted by Gasteiger charge is 2.50. The van der Waals surface area contributed by atoms with Crippen molar-refractivity contribution in [3.05, 3.63) is 0 Å². The maximum absolute atomic E-state index is 6.40. The molecule has 0 aromatic carbocycles. The Kier molecular flexibility index (Phi) is 4.49. The van der Waals surface area contributed by atoms with Gasteiger partial charge in [-0.25, -0.2) is 0 Å². The van der Waals surface area contributed by atoms with Gasteiger partial charge in [-0.1, -0.05) is 46.8 Å². The van der Waals surface area contributed by atoms with Gasteiger partial charge in [0.25, 0.3) is 0 Å². The summed E-state index contributed by atoms with van der Waals surface area (Å²) >= 11 is 0. The van der Waals surface area contributed by atoms with E-state index in [1.807, 2.05) is 0 Å². The molecular weight excluding hydrogens is 252 g/mol. The number of rotatable bonds is 2. The lowest BCUT2D eigenvalue weighted by Crippen LogP contribution is -2.55. The lowest BCUT2D eigenvalue weighted by atomic mass is 9.72. The fourth-order valence-corrected chi connectivity index (χ4v) is 4.84. The largest absolute Gasteiger partial charge is 0.350 e. The molecule has 19 heavy (non-hydrogen) atoms. The monoisotopic (exact) mass is 284 g/mol. The fourth-order valence-electron chi connectivity index (χ4n) is 3.67. The van der Waals surface area contributed by atoms with E-state index in [-0.39, 0.29) is 5.79 Å². The molecule has 1 aliphatic heterocycles. The second-order valence-corrected chi connectivity index (χ2v) is 13.8. The van der Waals surface area contributed by atoms with E-state index in [1.165, 1.54) is 12.8 Å². The average molecular weight is 285 g/mol. The number of hydrogen-bond donors (Lipinski definition) is 0. The zero-order valence-electron chi connectivity index (χ0n) is 13.7. The van der Waals surface area contributed by atoms with Crippen molar-refractivity contribution in [2.45, 2.75) is 71.0 Å². The summed E-state index contributed by atoms with van der Waals surface area (Å²) in [5, 5.41) is 0. The first-order valence-electron chi connectivity index (χ1n) is 8.02. The molecular formula is C16H32O2Si. The van der Waals surface area contributed by atoms with E-state index in [1.54, 1.807) is 0 Å². The maximum atomic E-state index is 6.40. The van der Waals surface area contributed by atoms with Crippen LogP contribution in [0.3, 0.4) is 0 Å². The van der Waals surface area contributed by atoms with E-state index in [0.29, 0.717) is 17.4 Å². The molecule has 2 nitrogen and oxygen atoms in total. The van der Waals surface area contributed by atoms with Gasteiger partial charge in [-0.3, -0.25) is 0 Å². The van der Waals surface area contributed by atoms with Crippen molar-refractivity contribution in [2.24, 2.45) is 17.8 Å². The van der Waals surface area contributed by atoms with Gasteiger partial charge in [0.2, 0.25) is 0 Å². The molecule has 0 unspecified atom stereocenters. The SMILES string of the molecule is CC(C)[C@@H]1CC[C@@H](C)CC12OCC([Si](C)(C)C)CO2. The molecule has 0 N–H and O–H groups in total. The van der Waals surface area contributed by atoms with Gasteiger partial charge in [0.1, 0.15) is 0 Å². The van der Waals surface area contributed by atoms with Crippen molar-refractivity contribution >= 4 is 8.07 Å². The van der Waals surface area contributed by atoms with Gasteiger partial charge >= 0.3 is 0 Å². The molecule has 1 saturated heterocycles. The summed E-state index contributed by atoms with van der Waals surface area (Å²) in [6.45, 7) is 16.1. The van der Waals surface area contributed by atoms with Crippen molar-refractivity contribution in [2.75, 3.05) is 13.2 Å². The average Bonchev–Trinajstić information content (AvgIpc) is 2.27. The second kappa shape index (κ2) is 5.49. The molecule has 1 saturated carbocycles. The van der Waals surface area contributed by atoms with E-state index in [2.05, 4.69) is 40.4 Å². The quantitative estimate of drug-likeness (QED) is 0.694. The van der Waals surface area contributed by atoms with Crippen LogP contribution < -0.4 is 0 Å². The van der Waals surface area contributed by atoms with Gasteiger partial charge in [0, 0.05) is 17.9 Å². The van der Waals surface area contributed by atoms with Crippen molar-refractivity contribution in [3.8, 4) is 0 Å². The van der Waals surface area contributed by atoms with Crippen LogP contribution in [0.2, 0.25) is 25.2 Å². The van der Waals surface area contributed by atoms with Crippen LogP contribution in [0.4, 0.5) is 0 Å². The van der Waals surface area contributed by atoms with Gasteiger partial charge in [-0.05, 0) is 18.3 Å². The van der Waals surface area contributed by atoms with Gasteiger partial charge in [-0.15, -0.1) is 0 Å². The lowest BCUT2D eigenvalue weighted by molar-refractivity contribution is -0.317. The molecule has 2 atom stereocenters. The first kappa shape index (κ1) is 15.5. The Morgan fingerprint density at radius 1 is 1.05 bits per heavy atom. The molecule has 2 fully saturated rings. The van der Waals surface area contributed by atoms with Crippen molar-refractivity contribution in [1.82, 2.24) is 0 Å². The topological polar surface area (TPSA) is 18.5 Å². The predicted octanol–water partition coefficient (Wildman–Crippen LogP) is 4.53. The Bertz CT molecular complexity index is 300. The van der Waals surface area contributed by atoms with Crippen LogP contribution in [0.25, 0.3) is 0 Å². The van der Waals surface area contributed by atoms with Crippen molar-refractivity contribution in [3.63, 3.8) is 0 Å². The summed E-state index contributed by atoms with van der Waals surface area (Å²) in [6.07, 6.45) is 3.68. The van der Waals surface area contributed by atoms with Crippen LogP contribution in [0.5, 0.6) is 0 Å². The highest BCUT2D eigenvalue weighted by Crippen LogP contribution is 2.47. The number of hydrogen-bond acceptors (Lipinski definition) is 2. The van der Waals surface area contributed by atoms with E-state index >= 15 is 0 Å². The first-order valence-corrected chi connectivity index (χ1v) is 11.6. The highest BCUT2D eigenvalue weighted by molar-refractivity contribution is 6.77. The Labute approximate surface area is 120 Å². The van der Waals surface area contributed by atoms with E-state index in [4.69, 9.17) is 9.47 Å². The predicted molar refractivity (Wildman–Crippen MR) is 83.1 cm³/mol. The maximum Gasteiger partial charge on any atom is 0.171 e. The minimum absolute atomic E-state index is 0.262. The third-order valence-electron chi connectivity index (χ3n) is 5.26. The minimum Gasteiger partial charge on any atom is -0.350 e. The summed E-state index contributed by atoms with van der Waals surface area (Å²) in [5.41, 5.74) is 0.656. The molecule has 0 aromatic heterocycles. The van der Waals surface area contributed by atoms with Crippen LogP contribution in [-0.2, 0) is 9.47 Å². The standard InChI is InChI=1S/C16H32O2Si/c1-12(2)15-8-7-13(3)9-16(15)17-10-14(11-18-16)19(4,5)6/h12-15H,7-11H2,1-6H3/t13-,14?,15+,16?/m1/s1. The molecule has 1 aliphatic carbocycles. The van der Waals surface area contributed by atoms with Crippen LogP contribution in [0.15, 0.2) is 0 Å². The third kappa shape index (κ3) is 3.25. The normalized spacial score (nSPS) is 40.9. The second-order valence-electron chi connectivity index (χ2n) is 8.23. The summed E-state index contributed by atoms with van der Waals surface area (Å²) < 4.78 is 12.8. The van der Waals surface area contributed by atoms with Crippen LogP contribution in [0.1, 0.15) is 40.0 Å². The Balaban J connectivity index is 2.09. The molecule has 0 radical (unpaired) electrons. The van der Waals surface area contributed by atoms with E-state index in [0.717, 1.165) is 25.6 Å². The van der Waals surface area contributed by atoms with Gasteiger partial charge < -0.3 is 9.47 Å². The van der Waals surface area contributed by atoms with Crippen molar-refractivity contribution < 1.29 is 9.47 Å². The van der Waals surface area contributed by atoms with Crippen LogP contribution in [0, 0.1) is 17.8 Å². The zero-order valence-corrected chi connectivity index (χ0v) is 14.7. The Morgan fingerprint density at radius 3 is 2.11 bits per heavy atom. The Hall–Kier alpha value is 0.137. The molecule has 0 amide bonds. The molecule has 1 spiro atoms. The zero-order chi connectivity index (χ0) is 14.3. The summed E-state index contributed by atoms with van der Waals surface area (Å²) in [4.78, 5) is 0. The van der Waals surface area contributed by atoms with Gasteiger partial charge in [-0.2, -0.15) is 0 Å². The lowest BCUT2D eigenvalue weighted by Gasteiger charge is -2.52. The first-order chi connectivity index (χ1) is 8.74. The van der Waals surface area contributed by atoms with Gasteiger partial charge in [0.15, 0.2) is 5.79 Å². The molecule has 1 heterocycles. The highest BCUT2D eigenvalue weighted by atomic mass is 28.3. The summed E-state index contributed by atoms with van der Waals surface area (Å²) in [5.74, 6) is 1.70. The van der Waals surface area contributed by atoms with Crippen LogP contribution in [-0.4, -0.2) is 27.1 Å². The smallest absolute Gasteiger partial charge is 0.171 e. The molecule has 3 heteroatoms. The number of ether oxygens (including phenoxy) is 2. The van der Waals surface area contributed by atoms with Crippen LogP contribution >= 0.6 is 0 Å². The van der Waals surface area contributed by atoms with Gasteiger partial charge in [0.05, 0.1) is 21.3 Å². The summed E-state index contributed by atoms with van der Waals surface area (Å²) in [6, 6.07) is 0. The fraction of sp³-hybridized carbons (Fsp3) is 1.00.